The summed E-state index contributed by atoms with van der Waals surface area (Å²) >= 11 is 7.52. The molecule has 3 heteroatoms. The van der Waals surface area contributed by atoms with Gasteiger partial charge in [-0.25, -0.2) is 4.98 Å². The molecule has 0 aliphatic rings. The molecule has 0 radical (unpaired) electrons. The standard InChI is InChI=1S/C12H12ClNS/c1-2-10-12(14-11(8-13)15-10)9-6-4-3-5-7-9/h3-7H,2,8H2,1H3. The van der Waals surface area contributed by atoms with Crippen molar-refractivity contribution >= 4 is 22.9 Å². The first kappa shape index (κ1) is 10.7. The van der Waals surface area contributed by atoms with Crippen molar-refractivity contribution in [2.24, 2.45) is 0 Å². The summed E-state index contributed by atoms with van der Waals surface area (Å²) in [5.41, 5.74) is 2.28. The van der Waals surface area contributed by atoms with Crippen LogP contribution in [0.15, 0.2) is 30.3 Å². The first-order valence-corrected chi connectivity index (χ1v) is 6.30. The maximum absolute atomic E-state index is 5.80. The van der Waals surface area contributed by atoms with Crippen molar-refractivity contribution in [3.8, 4) is 11.3 Å². The van der Waals surface area contributed by atoms with Gasteiger partial charge in [-0.15, -0.1) is 22.9 Å². The Morgan fingerprint density at radius 3 is 2.60 bits per heavy atom. The van der Waals surface area contributed by atoms with E-state index in [2.05, 4.69) is 24.0 Å². The van der Waals surface area contributed by atoms with E-state index in [1.54, 1.807) is 11.3 Å². The maximum Gasteiger partial charge on any atom is 0.108 e. The third-order valence-corrected chi connectivity index (χ3v) is 3.84. The highest BCUT2D eigenvalue weighted by Gasteiger charge is 2.10. The van der Waals surface area contributed by atoms with Crippen molar-refractivity contribution in [3.63, 3.8) is 0 Å². The van der Waals surface area contributed by atoms with Crippen molar-refractivity contribution in [3.05, 3.63) is 40.2 Å². The molecule has 0 aliphatic heterocycles. The highest BCUT2D eigenvalue weighted by molar-refractivity contribution is 7.12. The second-order valence-electron chi connectivity index (χ2n) is 3.23. The first-order valence-electron chi connectivity index (χ1n) is 4.95. The fraction of sp³-hybridized carbons (Fsp3) is 0.250. The van der Waals surface area contributed by atoms with Gasteiger partial charge in [0.25, 0.3) is 0 Å². The number of thiazole rings is 1. The van der Waals surface area contributed by atoms with Crippen molar-refractivity contribution in [1.82, 2.24) is 4.98 Å². The monoisotopic (exact) mass is 237 g/mol. The van der Waals surface area contributed by atoms with Crippen LogP contribution in [0.3, 0.4) is 0 Å². The van der Waals surface area contributed by atoms with Gasteiger partial charge in [0, 0.05) is 10.4 Å². The van der Waals surface area contributed by atoms with Gasteiger partial charge in [-0.2, -0.15) is 0 Å². The van der Waals surface area contributed by atoms with E-state index in [1.807, 2.05) is 18.2 Å². The summed E-state index contributed by atoms with van der Waals surface area (Å²) < 4.78 is 0. The van der Waals surface area contributed by atoms with Gasteiger partial charge in [-0.05, 0) is 6.42 Å². The van der Waals surface area contributed by atoms with Crippen molar-refractivity contribution < 1.29 is 0 Å². The second kappa shape index (κ2) is 4.77. The average Bonchev–Trinajstić information content (AvgIpc) is 2.73. The Morgan fingerprint density at radius 1 is 1.27 bits per heavy atom. The van der Waals surface area contributed by atoms with Crippen LogP contribution >= 0.6 is 22.9 Å². The predicted molar refractivity (Wildman–Crippen MR) is 66.5 cm³/mol. The molecule has 0 saturated carbocycles. The number of alkyl halides is 1. The molecule has 1 aromatic carbocycles. The van der Waals surface area contributed by atoms with Crippen molar-refractivity contribution in [2.75, 3.05) is 0 Å². The minimum Gasteiger partial charge on any atom is -0.240 e. The fourth-order valence-corrected chi connectivity index (χ4v) is 2.62. The highest BCUT2D eigenvalue weighted by Crippen LogP contribution is 2.29. The van der Waals surface area contributed by atoms with Crippen LogP contribution in [-0.4, -0.2) is 4.98 Å². The first-order chi connectivity index (χ1) is 7.35. The molecular formula is C12H12ClNS. The van der Waals surface area contributed by atoms with E-state index in [4.69, 9.17) is 11.6 Å². The molecule has 1 nitrogen and oxygen atoms in total. The fourth-order valence-electron chi connectivity index (χ4n) is 1.52. The molecule has 0 spiro atoms. The van der Waals surface area contributed by atoms with E-state index in [0.29, 0.717) is 5.88 Å². The number of hydrogen-bond acceptors (Lipinski definition) is 2. The zero-order chi connectivity index (χ0) is 10.7. The van der Waals surface area contributed by atoms with Crippen LogP contribution in [0, 0.1) is 0 Å². The van der Waals surface area contributed by atoms with Gasteiger partial charge >= 0.3 is 0 Å². The Kier molecular flexibility index (Phi) is 3.39. The van der Waals surface area contributed by atoms with Gasteiger partial charge in [0.2, 0.25) is 0 Å². The summed E-state index contributed by atoms with van der Waals surface area (Å²) in [4.78, 5) is 5.87. The van der Waals surface area contributed by atoms with Crippen LogP contribution in [0.4, 0.5) is 0 Å². The van der Waals surface area contributed by atoms with E-state index in [1.165, 1.54) is 10.4 Å². The number of hydrogen-bond donors (Lipinski definition) is 0. The summed E-state index contributed by atoms with van der Waals surface area (Å²) in [7, 11) is 0. The van der Waals surface area contributed by atoms with Crippen LogP contribution in [0.2, 0.25) is 0 Å². The maximum atomic E-state index is 5.80. The number of aryl methyl sites for hydroxylation is 1. The quantitative estimate of drug-likeness (QED) is 0.732. The van der Waals surface area contributed by atoms with Crippen LogP contribution in [0.5, 0.6) is 0 Å². The molecule has 0 aliphatic carbocycles. The average molecular weight is 238 g/mol. The number of aromatic nitrogens is 1. The molecule has 0 unspecified atom stereocenters. The van der Waals surface area contributed by atoms with Gasteiger partial charge in [0.15, 0.2) is 0 Å². The third-order valence-electron chi connectivity index (χ3n) is 2.22. The number of nitrogens with zero attached hydrogens (tertiary/aromatic N) is 1. The Labute approximate surface area is 98.7 Å². The van der Waals surface area contributed by atoms with Gasteiger partial charge in [0.05, 0.1) is 11.6 Å². The Hall–Kier alpha value is -0.860. The third kappa shape index (κ3) is 2.21. The Balaban J connectivity index is 2.47. The lowest BCUT2D eigenvalue weighted by atomic mass is 10.1. The topological polar surface area (TPSA) is 12.9 Å². The minimum atomic E-state index is 0.504. The molecule has 0 saturated heterocycles. The van der Waals surface area contributed by atoms with Crippen LogP contribution in [0.1, 0.15) is 16.8 Å². The molecule has 2 rings (SSSR count). The zero-order valence-corrected chi connectivity index (χ0v) is 10.1. The molecule has 78 valence electrons. The van der Waals surface area contributed by atoms with E-state index in [-0.39, 0.29) is 0 Å². The summed E-state index contributed by atoms with van der Waals surface area (Å²) in [5, 5.41) is 1.01. The second-order valence-corrected chi connectivity index (χ2v) is 4.67. The largest absolute Gasteiger partial charge is 0.240 e. The lowest BCUT2D eigenvalue weighted by Gasteiger charge is -1.98. The predicted octanol–water partition coefficient (Wildman–Crippen LogP) is 4.11. The van der Waals surface area contributed by atoms with Crippen molar-refractivity contribution in [1.29, 1.82) is 0 Å². The smallest absolute Gasteiger partial charge is 0.108 e. The normalized spacial score (nSPS) is 10.5. The van der Waals surface area contributed by atoms with Crippen molar-refractivity contribution in [2.45, 2.75) is 19.2 Å². The summed E-state index contributed by atoms with van der Waals surface area (Å²) in [6.45, 7) is 2.15. The lowest BCUT2D eigenvalue weighted by molar-refractivity contribution is 1.16. The van der Waals surface area contributed by atoms with Crippen LogP contribution < -0.4 is 0 Å². The summed E-state index contributed by atoms with van der Waals surface area (Å²) in [6.07, 6.45) is 1.01. The highest BCUT2D eigenvalue weighted by atomic mass is 35.5. The minimum absolute atomic E-state index is 0.504. The molecule has 0 N–H and O–H groups in total. The number of benzene rings is 1. The molecule has 0 atom stereocenters. The number of halogens is 1. The molecule has 1 heterocycles. The molecule has 15 heavy (non-hydrogen) atoms. The SMILES string of the molecule is CCc1sc(CCl)nc1-c1ccccc1. The molecular weight excluding hydrogens is 226 g/mol. The van der Waals surface area contributed by atoms with Gasteiger partial charge in [0.1, 0.15) is 5.01 Å². The van der Waals surface area contributed by atoms with E-state index in [9.17, 15) is 0 Å². The molecule has 0 amide bonds. The Morgan fingerprint density at radius 2 is 2.00 bits per heavy atom. The lowest BCUT2D eigenvalue weighted by Crippen LogP contribution is -1.83. The van der Waals surface area contributed by atoms with Gasteiger partial charge in [-0.1, -0.05) is 37.3 Å². The molecule has 2 aromatic rings. The van der Waals surface area contributed by atoms with Crippen LogP contribution in [-0.2, 0) is 12.3 Å². The van der Waals surface area contributed by atoms with Gasteiger partial charge in [-0.3, -0.25) is 0 Å². The molecule has 0 fully saturated rings. The van der Waals surface area contributed by atoms with Gasteiger partial charge < -0.3 is 0 Å². The summed E-state index contributed by atoms with van der Waals surface area (Å²) in [5.74, 6) is 0.504. The van der Waals surface area contributed by atoms with E-state index >= 15 is 0 Å². The molecule has 1 aromatic heterocycles. The van der Waals surface area contributed by atoms with Crippen LogP contribution in [0.25, 0.3) is 11.3 Å². The Bertz CT molecular complexity index is 436. The number of rotatable bonds is 3. The van der Waals surface area contributed by atoms with E-state index in [0.717, 1.165) is 17.1 Å². The zero-order valence-electron chi connectivity index (χ0n) is 8.53. The summed E-state index contributed by atoms with van der Waals surface area (Å²) in [6, 6.07) is 10.3. The molecule has 0 bridgehead atoms. The van der Waals surface area contributed by atoms with E-state index < -0.39 is 0 Å².